The number of unbranched alkanes of at least 4 members (excludes halogenated alkanes) is 1. The van der Waals surface area contributed by atoms with E-state index in [1.807, 2.05) is 124 Å². The average Bonchev–Trinajstić information content (AvgIpc) is 3.92. The van der Waals surface area contributed by atoms with Crippen molar-refractivity contribution < 1.29 is 34.1 Å². The lowest BCUT2D eigenvalue weighted by molar-refractivity contribution is -0.146. The summed E-state index contributed by atoms with van der Waals surface area (Å²) >= 11 is 3.68. The number of halogens is 1. The molecular formula is C48H57BrN6O7Si. The quantitative estimate of drug-likeness (QED) is 0.0568. The van der Waals surface area contributed by atoms with Gasteiger partial charge in [-0.15, -0.1) is 5.10 Å². The average molecular weight is 938 g/mol. The van der Waals surface area contributed by atoms with E-state index in [-0.39, 0.29) is 48.9 Å². The van der Waals surface area contributed by atoms with Gasteiger partial charge in [-0.05, 0) is 117 Å². The van der Waals surface area contributed by atoms with E-state index < -0.39 is 26.1 Å². The zero-order valence-electron chi connectivity index (χ0n) is 36.3. The molecule has 1 fully saturated rings. The molecule has 3 aliphatic heterocycles. The lowest BCUT2D eigenvalue weighted by Crippen LogP contribution is -2.49. The van der Waals surface area contributed by atoms with Crippen LogP contribution in [0.15, 0.2) is 102 Å². The van der Waals surface area contributed by atoms with Crippen LogP contribution in [0.2, 0.25) is 18.6 Å². The largest absolute Gasteiger partial charge is 0.494 e. The van der Waals surface area contributed by atoms with Crippen molar-refractivity contribution in [1.29, 1.82) is 0 Å². The molecule has 2 amide bonds. The van der Waals surface area contributed by atoms with E-state index >= 15 is 4.79 Å². The molecular weight excluding hydrogens is 881 g/mol. The number of rotatable bonds is 17. The van der Waals surface area contributed by atoms with Crippen molar-refractivity contribution in [1.82, 2.24) is 20.3 Å². The van der Waals surface area contributed by atoms with Crippen molar-refractivity contribution in [3.05, 3.63) is 130 Å². The number of amides is 2. The van der Waals surface area contributed by atoms with Crippen LogP contribution in [0.5, 0.6) is 5.75 Å². The summed E-state index contributed by atoms with van der Waals surface area (Å²) < 4.78 is 15.5. The molecule has 1 saturated heterocycles. The van der Waals surface area contributed by atoms with Crippen molar-refractivity contribution in [2.45, 2.75) is 94.9 Å². The van der Waals surface area contributed by atoms with Gasteiger partial charge in [-0.3, -0.25) is 19.2 Å². The summed E-state index contributed by atoms with van der Waals surface area (Å²) in [7, 11) is -2.94. The smallest absolute Gasteiger partial charge is 0.264 e. The number of hydrogen-bond acceptors (Lipinski definition) is 10. The minimum atomic E-state index is -2.94. The molecule has 0 saturated carbocycles. The molecule has 0 radical (unpaired) electrons. The van der Waals surface area contributed by atoms with E-state index in [0.29, 0.717) is 50.3 Å². The van der Waals surface area contributed by atoms with Gasteiger partial charge in [0.2, 0.25) is 5.91 Å². The highest BCUT2D eigenvalue weighted by atomic mass is 79.9. The molecule has 63 heavy (non-hydrogen) atoms. The fraction of sp³-hybridized carbons (Fsp3) is 0.417. The number of nitrogens with one attached hydrogen (secondary N) is 1. The van der Waals surface area contributed by atoms with E-state index in [1.54, 1.807) is 14.5 Å². The molecule has 4 aromatic carbocycles. The highest BCUT2D eigenvalue weighted by Gasteiger charge is 2.66. The Hall–Kier alpha value is -4.74. The molecule has 13 nitrogen and oxygen atoms in total. The summed E-state index contributed by atoms with van der Waals surface area (Å²) in [5, 5.41) is 31.8. The molecule has 6 atom stereocenters. The monoisotopic (exact) mass is 936 g/mol. The molecule has 1 spiro atoms. The summed E-state index contributed by atoms with van der Waals surface area (Å²) in [4.78, 5) is 45.1. The first-order valence-electron chi connectivity index (χ1n) is 22.0. The Balaban J connectivity index is 1.08. The van der Waals surface area contributed by atoms with Crippen molar-refractivity contribution in [2.75, 3.05) is 36.2 Å². The number of ether oxygens (including phenoxy) is 2. The molecule has 3 aliphatic rings. The predicted octanol–water partition coefficient (Wildman–Crippen LogP) is 6.95. The van der Waals surface area contributed by atoms with Gasteiger partial charge in [0.15, 0.2) is 13.9 Å². The van der Waals surface area contributed by atoms with Crippen LogP contribution < -0.4 is 19.9 Å². The lowest BCUT2D eigenvalue weighted by Gasteiger charge is -2.35. The Bertz CT molecular complexity index is 2430. The standard InChI is InChI=1S/C48H57BrN6O7Si/c1-5-61-37-17-19-42-34(25-37)26-40(50-21-9-10-23-56)46(58)55(42)36-15-11-12-32(24-36)28-54-43-18-16-35(49)27-39(43)48(47(54)59)31(2)45(63(3,4)60)44(62-48)20-22-53-29-41(51-52-53)38(30-57)33-13-7-6-8-14-33/h6-8,11-19,24-25,27,29,31,38,40,44-45,50,56-57,60H,5,9-10,20-23,26,28,30H2,1-4H3/t31-,38?,40?,44+,45-,48+/m0/s1. The van der Waals surface area contributed by atoms with Crippen LogP contribution in [-0.4, -0.2) is 88.6 Å². The fourth-order valence-electron chi connectivity index (χ4n) is 10.1. The molecule has 5 aromatic rings. The number of carbonyl (C=O) groups is 2. The van der Waals surface area contributed by atoms with Gasteiger partial charge in [-0.1, -0.05) is 70.5 Å². The second-order valence-electron chi connectivity index (χ2n) is 17.5. The predicted molar refractivity (Wildman–Crippen MR) is 248 cm³/mol. The summed E-state index contributed by atoms with van der Waals surface area (Å²) in [5.41, 5.74) is 4.76. The number of aliphatic hydroxyl groups excluding tert-OH is 2. The van der Waals surface area contributed by atoms with E-state index in [2.05, 4.69) is 31.6 Å². The minimum Gasteiger partial charge on any atom is -0.494 e. The van der Waals surface area contributed by atoms with Crippen LogP contribution in [-0.2, 0) is 39.4 Å². The van der Waals surface area contributed by atoms with Crippen molar-refractivity contribution in [3.63, 3.8) is 0 Å². The maximum absolute atomic E-state index is 15.3. The van der Waals surface area contributed by atoms with Crippen LogP contribution in [0.1, 0.15) is 67.0 Å². The van der Waals surface area contributed by atoms with Crippen molar-refractivity contribution in [3.8, 4) is 5.75 Å². The number of aliphatic hydroxyl groups is 2. The van der Waals surface area contributed by atoms with Gasteiger partial charge in [-0.25, -0.2) is 0 Å². The summed E-state index contributed by atoms with van der Waals surface area (Å²) in [6.07, 6.45) is 3.78. The summed E-state index contributed by atoms with van der Waals surface area (Å²) in [6, 6.07) is 28.7. The first kappa shape index (κ1) is 44.8. The molecule has 4 heterocycles. The number of aryl methyl sites for hydroxylation is 1. The molecule has 2 unspecified atom stereocenters. The number of anilines is 3. The Labute approximate surface area is 378 Å². The summed E-state index contributed by atoms with van der Waals surface area (Å²) in [6.45, 7) is 9.59. The molecule has 332 valence electrons. The zero-order valence-corrected chi connectivity index (χ0v) is 38.9. The number of nitrogens with zero attached hydrogens (tertiary/aromatic N) is 5. The molecule has 0 bridgehead atoms. The summed E-state index contributed by atoms with van der Waals surface area (Å²) in [5.74, 6) is -0.197. The number of carbonyl (C=O) groups excluding carboxylic acids is 2. The highest BCUT2D eigenvalue weighted by Crippen LogP contribution is 2.60. The first-order valence-corrected chi connectivity index (χ1v) is 25.8. The van der Waals surface area contributed by atoms with Gasteiger partial charge in [0.05, 0.1) is 54.9 Å². The molecule has 4 N–H and O–H groups in total. The van der Waals surface area contributed by atoms with E-state index in [4.69, 9.17) is 9.47 Å². The van der Waals surface area contributed by atoms with Gasteiger partial charge >= 0.3 is 0 Å². The van der Waals surface area contributed by atoms with Gasteiger partial charge < -0.3 is 34.7 Å². The van der Waals surface area contributed by atoms with E-state index in [1.165, 1.54) is 0 Å². The highest BCUT2D eigenvalue weighted by molar-refractivity contribution is 9.10. The van der Waals surface area contributed by atoms with Crippen LogP contribution in [0, 0.1) is 5.92 Å². The third-order valence-electron chi connectivity index (χ3n) is 12.9. The van der Waals surface area contributed by atoms with Crippen LogP contribution >= 0.6 is 15.9 Å². The third kappa shape index (κ3) is 8.76. The lowest BCUT2D eigenvalue weighted by atomic mass is 9.82. The minimum absolute atomic E-state index is 0.0771. The zero-order chi connectivity index (χ0) is 44.5. The maximum Gasteiger partial charge on any atom is 0.264 e. The Morgan fingerprint density at radius 2 is 1.79 bits per heavy atom. The normalized spacial score (nSPS) is 22.5. The van der Waals surface area contributed by atoms with Crippen LogP contribution in [0.4, 0.5) is 17.1 Å². The van der Waals surface area contributed by atoms with Crippen molar-refractivity contribution >= 4 is 53.1 Å². The van der Waals surface area contributed by atoms with Gasteiger partial charge in [-0.2, -0.15) is 0 Å². The SMILES string of the molecule is CCOc1ccc2c(c1)CC(NCCCCO)C(=O)N2c1cccc(CN2C(=O)[C@]3(O[C@H](CCn4cc(C(CO)c5ccccc5)nn4)[C@@H]([Si](C)(C)O)[C@@H]3C)c3cc(Br)ccc32)c1. The number of hydrogen-bond donors (Lipinski definition) is 4. The third-order valence-corrected chi connectivity index (χ3v) is 15.9. The Morgan fingerprint density at radius 3 is 2.54 bits per heavy atom. The van der Waals surface area contributed by atoms with E-state index in [0.717, 1.165) is 50.3 Å². The fourth-order valence-corrected chi connectivity index (χ4v) is 13.0. The number of aromatic nitrogens is 3. The second kappa shape index (κ2) is 18.8. The topological polar surface area (TPSA) is 163 Å². The van der Waals surface area contributed by atoms with Gasteiger partial charge in [0.1, 0.15) is 5.75 Å². The maximum atomic E-state index is 15.3. The molecule has 15 heteroatoms. The molecule has 1 aromatic heterocycles. The first-order chi connectivity index (χ1) is 30.4. The number of fused-ring (bicyclic) bond motifs is 3. The Morgan fingerprint density at radius 1 is 1.00 bits per heavy atom. The van der Waals surface area contributed by atoms with E-state index in [9.17, 15) is 19.8 Å². The van der Waals surface area contributed by atoms with Crippen LogP contribution in [0.25, 0.3) is 0 Å². The van der Waals surface area contributed by atoms with Crippen molar-refractivity contribution in [2.24, 2.45) is 5.92 Å². The molecule has 0 aliphatic carbocycles. The number of benzene rings is 4. The Kier molecular flexibility index (Phi) is 13.4. The van der Waals surface area contributed by atoms with Gasteiger partial charge in [0.25, 0.3) is 5.91 Å². The van der Waals surface area contributed by atoms with Crippen LogP contribution in [0.3, 0.4) is 0 Å². The van der Waals surface area contributed by atoms with Gasteiger partial charge in [0, 0.05) is 46.5 Å². The molecule has 8 rings (SSSR count). The second-order valence-corrected chi connectivity index (χ2v) is 22.4.